The molecule has 0 rings (SSSR count). The van der Waals surface area contributed by atoms with Crippen molar-refractivity contribution in [2.45, 2.75) is 39.3 Å². The number of hydrogen-bond acceptors (Lipinski definition) is 2. The van der Waals surface area contributed by atoms with Crippen LogP contribution in [0, 0.1) is 0 Å². The molecule has 0 radical (unpaired) electrons. The Labute approximate surface area is 87.2 Å². The molecule has 0 saturated carbocycles. The Morgan fingerprint density at radius 3 is 0.636 bits per heavy atom. The maximum Gasteiger partial charge on any atom is 0.179 e. The second kappa shape index (κ2) is 6.57. The van der Waals surface area contributed by atoms with E-state index in [9.17, 15) is 0 Å². The van der Waals surface area contributed by atoms with Gasteiger partial charge in [-0.1, -0.05) is 0 Å². The molecule has 0 aliphatic carbocycles. The summed E-state index contributed by atoms with van der Waals surface area (Å²) in [6.45, 7) is 11.3. The zero-order valence-electron chi connectivity index (χ0n) is 8.39. The van der Waals surface area contributed by atoms with Gasteiger partial charge in [-0.05, 0) is 39.3 Å². The third kappa shape index (κ3) is 798. The average Bonchev–Trinajstić information content (AvgIpc) is 1.12. The molecule has 0 fully saturated rings. The SMILES string of the molecule is C[Si](C)(C)O.C[Si](C)(C)O.[Ti]. The van der Waals surface area contributed by atoms with Gasteiger partial charge < -0.3 is 9.59 Å². The van der Waals surface area contributed by atoms with Gasteiger partial charge in [0.2, 0.25) is 0 Å². The van der Waals surface area contributed by atoms with Gasteiger partial charge in [-0.2, -0.15) is 0 Å². The molecule has 0 unspecified atom stereocenters. The van der Waals surface area contributed by atoms with E-state index in [0.717, 1.165) is 0 Å². The van der Waals surface area contributed by atoms with Crippen molar-refractivity contribution >= 4 is 16.6 Å². The normalized spacial score (nSPS) is 10.9. The molecule has 0 aliphatic rings. The predicted octanol–water partition coefficient (Wildman–Crippen LogP) is 1.62. The standard InChI is InChI=1S/2C3H10OSi.Ti/c2*1-5(2,3)4;/h2*4H,1-3H3;. The maximum atomic E-state index is 8.66. The summed E-state index contributed by atoms with van der Waals surface area (Å²) in [7, 11) is -3.22. The Morgan fingerprint density at radius 2 is 0.636 bits per heavy atom. The van der Waals surface area contributed by atoms with E-state index in [0.29, 0.717) is 0 Å². The summed E-state index contributed by atoms with van der Waals surface area (Å²) in [5.41, 5.74) is 0. The molecule has 0 aromatic carbocycles. The molecule has 68 valence electrons. The second-order valence-corrected chi connectivity index (χ2v) is 13.0. The molecule has 2 N–H and O–H groups in total. The van der Waals surface area contributed by atoms with Crippen LogP contribution < -0.4 is 0 Å². The monoisotopic (exact) mass is 228 g/mol. The summed E-state index contributed by atoms with van der Waals surface area (Å²) in [5.74, 6) is 0. The van der Waals surface area contributed by atoms with Crippen LogP contribution in [-0.2, 0) is 21.7 Å². The summed E-state index contributed by atoms with van der Waals surface area (Å²) in [4.78, 5) is 17.3. The Hall–Kier alpha value is 1.07. The Morgan fingerprint density at radius 1 is 0.636 bits per heavy atom. The van der Waals surface area contributed by atoms with Crippen LogP contribution in [0.1, 0.15) is 0 Å². The largest absolute Gasteiger partial charge is 0.433 e. The van der Waals surface area contributed by atoms with Crippen molar-refractivity contribution in [3.05, 3.63) is 0 Å². The fraction of sp³-hybridized carbons (Fsp3) is 1.00. The van der Waals surface area contributed by atoms with Crippen LogP contribution in [0.2, 0.25) is 39.3 Å². The summed E-state index contributed by atoms with van der Waals surface area (Å²) in [5, 5.41) is 0. The van der Waals surface area contributed by atoms with Crippen LogP contribution in [-0.4, -0.2) is 26.2 Å². The predicted molar refractivity (Wildman–Crippen MR) is 51.1 cm³/mol. The minimum absolute atomic E-state index is 0. The van der Waals surface area contributed by atoms with Gasteiger partial charge in [0.25, 0.3) is 0 Å². The van der Waals surface area contributed by atoms with Crippen molar-refractivity contribution in [1.82, 2.24) is 0 Å². The maximum absolute atomic E-state index is 8.66. The van der Waals surface area contributed by atoms with Crippen LogP contribution in [0.5, 0.6) is 0 Å². The van der Waals surface area contributed by atoms with Gasteiger partial charge in [-0.15, -0.1) is 0 Å². The average molecular weight is 228 g/mol. The van der Waals surface area contributed by atoms with E-state index < -0.39 is 16.6 Å². The third-order valence-electron chi connectivity index (χ3n) is 0. The quantitative estimate of drug-likeness (QED) is 0.619. The van der Waals surface area contributed by atoms with E-state index in [1.165, 1.54) is 0 Å². The summed E-state index contributed by atoms with van der Waals surface area (Å²) in [6.07, 6.45) is 0. The van der Waals surface area contributed by atoms with E-state index in [-0.39, 0.29) is 21.7 Å². The molecule has 0 spiro atoms. The van der Waals surface area contributed by atoms with Gasteiger partial charge in [-0.3, -0.25) is 0 Å². The van der Waals surface area contributed by atoms with Crippen LogP contribution in [0.25, 0.3) is 0 Å². The van der Waals surface area contributed by atoms with Gasteiger partial charge in [0.1, 0.15) is 0 Å². The van der Waals surface area contributed by atoms with E-state index in [1.807, 2.05) is 39.3 Å². The molecule has 0 atom stereocenters. The van der Waals surface area contributed by atoms with Crippen molar-refractivity contribution in [2.75, 3.05) is 0 Å². The third-order valence-corrected chi connectivity index (χ3v) is 0. The molecule has 0 aromatic rings. The molecule has 0 heterocycles. The van der Waals surface area contributed by atoms with Crippen molar-refractivity contribution in [2.24, 2.45) is 0 Å². The van der Waals surface area contributed by atoms with E-state index >= 15 is 0 Å². The van der Waals surface area contributed by atoms with Gasteiger partial charge in [0, 0.05) is 21.7 Å². The molecule has 2 nitrogen and oxygen atoms in total. The first kappa shape index (κ1) is 18.0. The topological polar surface area (TPSA) is 40.5 Å². The molecular weight excluding hydrogens is 208 g/mol. The summed E-state index contributed by atoms with van der Waals surface area (Å²) in [6, 6.07) is 0. The molecule has 5 heteroatoms. The molecule has 0 bridgehead atoms. The van der Waals surface area contributed by atoms with Crippen LogP contribution in [0.3, 0.4) is 0 Å². The van der Waals surface area contributed by atoms with Crippen LogP contribution in [0.15, 0.2) is 0 Å². The Bertz CT molecular complexity index is 61.6. The molecule has 11 heavy (non-hydrogen) atoms. The number of hydrogen-bond donors (Lipinski definition) is 2. The van der Waals surface area contributed by atoms with Crippen molar-refractivity contribution in [1.29, 1.82) is 0 Å². The van der Waals surface area contributed by atoms with E-state index in [4.69, 9.17) is 9.59 Å². The van der Waals surface area contributed by atoms with Gasteiger partial charge >= 0.3 is 0 Å². The van der Waals surface area contributed by atoms with Crippen LogP contribution >= 0.6 is 0 Å². The number of rotatable bonds is 0. The zero-order valence-corrected chi connectivity index (χ0v) is 12.0. The van der Waals surface area contributed by atoms with E-state index in [2.05, 4.69) is 0 Å². The van der Waals surface area contributed by atoms with E-state index in [1.54, 1.807) is 0 Å². The first-order valence-corrected chi connectivity index (χ1v) is 10.3. The summed E-state index contributed by atoms with van der Waals surface area (Å²) < 4.78 is 0. The summed E-state index contributed by atoms with van der Waals surface area (Å²) >= 11 is 0. The van der Waals surface area contributed by atoms with Gasteiger partial charge in [0.15, 0.2) is 16.6 Å². The first-order valence-electron chi connectivity index (χ1n) is 3.45. The molecule has 0 aromatic heterocycles. The second-order valence-electron chi connectivity index (χ2n) is 4.34. The Kier molecular flexibility index (Phi) is 10.7. The molecule has 0 aliphatic heterocycles. The van der Waals surface area contributed by atoms with Crippen molar-refractivity contribution in [3.63, 3.8) is 0 Å². The Balaban J connectivity index is -0.000000107. The molecular formula is C6H20O2Si2Ti. The minimum Gasteiger partial charge on any atom is -0.433 e. The van der Waals surface area contributed by atoms with Gasteiger partial charge in [-0.25, -0.2) is 0 Å². The fourth-order valence-corrected chi connectivity index (χ4v) is 0. The smallest absolute Gasteiger partial charge is 0.179 e. The fourth-order valence-electron chi connectivity index (χ4n) is 0. The first-order chi connectivity index (χ1) is 4.00. The van der Waals surface area contributed by atoms with Crippen molar-refractivity contribution < 1.29 is 31.3 Å². The van der Waals surface area contributed by atoms with Crippen LogP contribution in [0.4, 0.5) is 0 Å². The van der Waals surface area contributed by atoms with Gasteiger partial charge in [0.05, 0.1) is 0 Å². The van der Waals surface area contributed by atoms with Crippen molar-refractivity contribution in [3.8, 4) is 0 Å². The minimum atomic E-state index is -1.61. The zero-order chi connectivity index (χ0) is 9.00. The molecule has 0 amide bonds. The molecule has 0 saturated heterocycles.